The molecule has 3 rings (SSSR count). The van der Waals surface area contributed by atoms with Gasteiger partial charge in [0.25, 0.3) is 5.91 Å². The zero-order chi connectivity index (χ0) is 16.8. The Morgan fingerprint density at radius 2 is 1.92 bits per heavy atom. The van der Waals surface area contributed by atoms with Crippen molar-refractivity contribution in [2.24, 2.45) is 0 Å². The molecule has 7 heteroatoms. The van der Waals surface area contributed by atoms with E-state index < -0.39 is 0 Å². The molecule has 1 unspecified atom stereocenters. The zero-order valence-electron chi connectivity index (χ0n) is 14.4. The maximum atomic E-state index is 12.2. The molecule has 1 aromatic carbocycles. The summed E-state index contributed by atoms with van der Waals surface area (Å²) < 4.78 is 5.60. The van der Waals surface area contributed by atoms with Crippen LogP contribution in [0.5, 0.6) is 5.75 Å². The predicted molar refractivity (Wildman–Crippen MR) is 98.1 cm³/mol. The second-order valence-electron chi connectivity index (χ2n) is 6.24. The number of benzene rings is 1. The number of hydrogen-bond donors (Lipinski definition) is 1. The molecule has 6 nitrogen and oxygen atoms in total. The Bertz CT molecular complexity index is 548. The molecule has 25 heavy (non-hydrogen) atoms. The number of rotatable bonds is 9. The minimum atomic E-state index is -0.175. The lowest BCUT2D eigenvalue weighted by atomic mass is 10.2. The Hall–Kier alpha value is -1.79. The fourth-order valence-electron chi connectivity index (χ4n) is 3.29. The van der Waals surface area contributed by atoms with E-state index in [1.165, 1.54) is 4.90 Å². The third kappa shape index (κ3) is 4.86. The third-order valence-electron chi connectivity index (χ3n) is 4.56. The predicted octanol–water partition coefficient (Wildman–Crippen LogP) is 2.28. The summed E-state index contributed by atoms with van der Waals surface area (Å²) in [5.74, 6) is 0.882. The highest BCUT2D eigenvalue weighted by Crippen LogP contribution is 2.27. The molecule has 3 amide bonds. The number of carbonyl (C=O) groups excluding carboxylic acids is 2. The molecular weight excluding hydrogens is 342 g/mol. The van der Waals surface area contributed by atoms with Crippen LogP contribution in [0.15, 0.2) is 30.3 Å². The SMILES string of the molecule is Cl.O=C1C2CCCN2C(=O)N1CCCCNCCOc1ccccc1. The molecule has 0 spiro atoms. The van der Waals surface area contributed by atoms with Crippen molar-refractivity contribution in [3.63, 3.8) is 0 Å². The van der Waals surface area contributed by atoms with Gasteiger partial charge in [0.2, 0.25) is 0 Å². The van der Waals surface area contributed by atoms with Gasteiger partial charge in [-0.25, -0.2) is 4.79 Å². The standard InChI is InChI=1S/C18H25N3O3.ClH/c22-17-16-9-6-13-20(16)18(23)21(17)12-5-4-10-19-11-14-24-15-7-2-1-3-8-15;/h1-3,7-8,16,19H,4-6,9-14H2;1H. The van der Waals surface area contributed by atoms with Gasteiger partial charge in [-0.1, -0.05) is 18.2 Å². The molecule has 1 N–H and O–H groups in total. The fourth-order valence-corrected chi connectivity index (χ4v) is 3.29. The molecule has 1 atom stereocenters. The molecule has 1 aromatic rings. The summed E-state index contributed by atoms with van der Waals surface area (Å²) in [4.78, 5) is 27.5. The Kier molecular flexibility index (Phi) is 7.52. The van der Waals surface area contributed by atoms with E-state index in [2.05, 4.69) is 5.32 Å². The summed E-state index contributed by atoms with van der Waals surface area (Å²) in [6.45, 7) is 3.54. The summed E-state index contributed by atoms with van der Waals surface area (Å²) in [6.07, 6.45) is 3.55. The molecule has 0 aliphatic carbocycles. The van der Waals surface area contributed by atoms with E-state index in [0.29, 0.717) is 13.2 Å². The zero-order valence-corrected chi connectivity index (χ0v) is 15.2. The highest BCUT2D eigenvalue weighted by Gasteiger charge is 2.46. The van der Waals surface area contributed by atoms with Crippen LogP contribution in [0, 0.1) is 0 Å². The number of hydrogen-bond acceptors (Lipinski definition) is 4. The average molecular weight is 368 g/mol. The van der Waals surface area contributed by atoms with Crippen LogP contribution in [-0.4, -0.2) is 60.6 Å². The van der Waals surface area contributed by atoms with Gasteiger partial charge in [-0.2, -0.15) is 0 Å². The number of fused-ring (bicyclic) bond motifs is 1. The first-order valence-electron chi connectivity index (χ1n) is 8.78. The Morgan fingerprint density at radius 3 is 2.68 bits per heavy atom. The van der Waals surface area contributed by atoms with Crippen molar-refractivity contribution < 1.29 is 14.3 Å². The molecule has 2 fully saturated rings. The number of imide groups is 1. The molecule has 138 valence electrons. The van der Waals surface area contributed by atoms with Crippen molar-refractivity contribution in [2.45, 2.75) is 31.7 Å². The highest BCUT2D eigenvalue weighted by molar-refractivity contribution is 6.04. The number of nitrogens with one attached hydrogen (secondary N) is 1. The van der Waals surface area contributed by atoms with E-state index >= 15 is 0 Å². The van der Waals surface area contributed by atoms with Crippen LogP contribution in [0.25, 0.3) is 0 Å². The lowest BCUT2D eigenvalue weighted by molar-refractivity contribution is -0.128. The quantitative estimate of drug-likeness (QED) is 0.537. The van der Waals surface area contributed by atoms with Crippen LogP contribution in [0.3, 0.4) is 0 Å². The van der Waals surface area contributed by atoms with Gasteiger partial charge in [0.1, 0.15) is 18.4 Å². The normalized spacial score (nSPS) is 19.1. The number of unbranched alkanes of at least 4 members (excludes halogenated alkanes) is 1. The first-order chi connectivity index (χ1) is 11.8. The molecule has 2 aliphatic rings. The molecule has 0 aromatic heterocycles. The second-order valence-corrected chi connectivity index (χ2v) is 6.24. The Morgan fingerprint density at radius 1 is 1.12 bits per heavy atom. The van der Waals surface area contributed by atoms with Crippen LogP contribution in [-0.2, 0) is 4.79 Å². The average Bonchev–Trinajstić information content (AvgIpc) is 3.17. The summed E-state index contributed by atoms with van der Waals surface area (Å²) in [5.41, 5.74) is 0. The summed E-state index contributed by atoms with van der Waals surface area (Å²) in [6, 6.07) is 9.48. The fraction of sp³-hybridized carbons (Fsp3) is 0.556. The lowest BCUT2D eigenvalue weighted by Gasteiger charge is -2.15. The molecule has 0 bridgehead atoms. The van der Waals surface area contributed by atoms with Crippen molar-refractivity contribution in [3.05, 3.63) is 30.3 Å². The third-order valence-corrected chi connectivity index (χ3v) is 4.56. The van der Waals surface area contributed by atoms with E-state index in [0.717, 1.165) is 51.1 Å². The van der Waals surface area contributed by atoms with Gasteiger partial charge < -0.3 is 15.0 Å². The lowest BCUT2D eigenvalue weighted by Crippen LogP contribution is -2.34. The van der Waals surface area contributed by atoms with E-state index in [9.17, 15) is 9.59 Å². The minimum absolute atomic E-state index is 0. The van der Waals surface area contributed by atoms with Crippen LogP contribution in [0.1, 0.15) is 25.7 Å². The molecule has 2 heterocycles. The number of ether oxygens (including phenoxy) is 1. The van der Waals surface area contributed by atoms with Gasteiger partial charge in [0.05, 0.1) is 0 Å². The van der Waals surface area contributed by atoms with Crippen molar-refractivity contribution in [1.82, 2.24) is 15.1 Å². The first-order valence-corrected chi connectivity index (χ1v) is 8.78. The Labute approximate surface area is 154 Å². The maximum absolute atomic E-state index is 12.2. The first kappa shape index (κ1) is 19.5. The van der Waals surface area contributed by atoms with Gasteiger partial charge in [0.15, 0.2) is 0 Å². The smallest absolute Gasteiger partial charge is 0.327 e. The van der Waals surface area contributed by atoms with Crippen LogP contribution >= 0.6 is 12.4 Å². The molecule has 2 aliphatic heterocycles. The van der Waals surface area contributed by atoms with Gasteiger partial charge in [0, 0.05) is 19.6 Å². The van der Waals surface area contributed by atoms with Crippen molar-refractivity contribution in [3.8, 4) is 5.75 Å². The topological polar surface area (TPSA) is 61.9 Å². The number of amides is 3. The van der Waals surface area contributed by atoms with Gasteiger partial charge in [-0.05, 0) is 44.4 Å². The molecule has 2 saturated heterocycles. The van der Waals surface area contributed by atoms with Crippen molar-refractivity contribution in [1.29, 1.82) is 0 Å². The number of nitrogens with zero attached hydrogens (tertiary/aromatic N) is 2. The number of halogens is 1. The van der Waals surface area contributed by atoms with Crippen LogP contribution in [0.4, 0.5) is 4.79 Å². The minimum Gasteiger partial charge on any atom is -0.492 e. The largest absolute Gasteiger partial charge is 0.492 e. The van der Waals surface area contributed by atoms with Gasteiger partial charge >= 0.3 is 6.03 Å². The molecular formula is C18H26ClN3O3. The monoisotopic (exact) mass is 367 g/mol. The summed E-state index contributed by atoms with van der Waals surface area (Å²) in [5, 5.41) is 3.32. The Balaban J connectivity index is 0.00000225. The summed E-state index contributed by atoms with van der Waals surface area (Å²) in [7, 11) is 0. The summed E-state index contributed by atoms with van der Waals surface area (Å²) >= 11 is 0. The van der Waals surface area contributed by atoms with Crippen LogP contribution in [0.2, 0.25) is 0 Å². The van der Waals surface area contributed by atoms with Gasteiger partial charge in [-0.3, -0.25) is 9.69 Å². The van der Waals surface area contributed by atoms with E-state index in [1.807, 2.05) is 30.3 Å². The molecule has 0 saturated carbocycles. The maximum Gasteiger partial charge on any atom is 0.327 e. The van der Waals surface area contributed by atoms with E-state index in [4.69, 9.17) is 4.74 Å². The number of urea groups is 1. The number of carbonyl (C=O) groups is 2. The second kappa shape index (κ2) is 9.63. The van der Waals surface area contributed by atoms with Crippen LogP contribution < -0.4 is 10.1 Å². The highest BCUT2D eigenvalue weighted by atomic mass is 35.5. The van der Waals surface area contributed by atoms with E-state index in [-0.39, 0.29) is 30.4 Å². The van der Waals surface area contributed by atoms with Gasteiger partial charge in [-0.15, -0.1) is 12.4 Å². The molecule has 0 radical (unpaired) electrons. The van der Waals surface area contributed by atoms with Crippen molar-refractivity contribution >= 4 is 24.3 Å². The van der Waals surface area contributed by atoms with E-state index in [1.54, 1.807) is 4.90 Å². The van der Waals surface area contributed by atoms with Crippen molar-refractivity contribution in [2.75, 3.05) is 32.8 Å². The number of para-hydroxylation sites is 1.